The third-order valence-corrected chi connectivity index (χ3v) is 4.54. The largest absolute Gasteiger partial charge is 0.465 e. The first kappa shape index (κ1) is 22.0. The maximum absolute atomic E-state index is 15.1. The summed E-state index contributed by atoms with van der Waals surface area (Å²) in [5, 5.41) is 4.11. The predicted octanol–water partition coefficient (Wildman–Crippen LogP) is 4.58. The lowest BCUT2D eigenvalue weighted by Crippen LogP contribution is -2.15. The minimum Gasteiger partial charge on any atom is -0.465 e. The molecule has 0 aliphatic carbocycles. The number of methoxy groups -OCH3 is 2. The zero-order valence-electron chi connectivity index (χ0n) is 16.6. The molecule has 0 spiro atoms. The minimum atomic E-state index is -4.98. The van der Waals surface area contributed by atoms with E-state index in [4.69, 9.17) is 9.47 Å². The molecular weight excluding hydrogens is 420 g/mol. The van der Waals surface area contributed by atoms with Gasteiger partial charge in [-0.2, -0.15) is 18.3 Å². The summed E-state index contributed by atoms with van der Waals surface area (Å²) in [6, 6.07) is 10.1. The molecule has 0 fully saturated rings. The van der Waals surface area contributed by atoms with Crippen molar-refractivity contribution in [3.63, 3.8) is 0 Å². The van der Waals surface area contributed by atoms with E-state index in [1.807, 2.05) is 0 Å². The van der Waals surface area contributed by atoms with E-state index in [9.17, 15) is 22.8 Å². The molecule has 0 radical (unpaired) electrons. The number of hydrogen-bond acceptors (Lipinski definition) is 5. The first-order valence-corrected chi connectivity index (χ1v) is 8.83. The second-order valence-electron chi connectivity index (χ2n) is 6.42. The van der Waals surface area contributed by atoms with Crippen molar-refractivity contribution in [2.24, 2.45) is 0 Å². The maximum atomic E-state index is 15.1. The fourth-order valence-electron chi connectivity index (χ4n) is 3.15. The first-order chi connectivity index (χ1) is 14.6. The number of hydrogen-bond donors (Lipinski definition) is 0. The average molecular weight is 436 g/mol. The molecule has 0 saturated heterocycles. The van der Waals surface area contributed by atoms with Crippen LogP contribution in [-0.4, -0.2) is 35.9 Å². The van der Waals surface area contributed by atoms with Crippen molar-refractivity contribution in [1.82, 2.24) is 9.78 Å². The quantitative estimate of drug-likeness (QED) is 0.442. The van der Waals surface area contributed by atoms with Gasteiger partial charge in [-0.05, 0) is 30.7 Å². The van der Waals surface area contributed by atoms with Crippen molar-refractivity contribution >= 4 is 11.9 Å². The molecule has 0 aliphatic heterocycles. The molecule has 1 aromatic heterocycles. The summed E-state index contributed by atoms with van der Waals surface area (Å²) < 4.78 is 65.8. The van der Waals surface area contributed by atoms with Gasteiger partial charge in [0.1, 0.15) is 17.1 Å². The Labute approximate surface area is 174 Å². The smallest absolute Gasteiger partial charge is 0.419 e. The summed E-state index contributed by atoms with van der Waals surface area (Å²) in [5.41, 5.74) is -3.57. The van der Waals surface area contributed by atoms with Gasteiger partial charge in [0.05, 0.1) is 25.5 Å². The van der Waals surface area contributed by atoms with Crippen molar-refractivity contribution in [3.8, 4) is 16.9 Å². The van der Waals surface area contributed by atoms with Crippen LogP contribution >= 0.6 is 0 Å². The van der Waals surface area contributed by atoms with Gasteiger partial charge in [0.15, 0.2) is 5.69 Å². The van der Waals surface area contributed by atoms with Crippen LogP contribution < -0.4 is 0 Å². The summed E-state index contributed by atoms with van der Waals surface area (Å²) in [6.07, 6.45) is -4.98. The third kappa shape index (κ3) is 3.88. The standard InChI is InChI=1S/C21H16F4N2O4/c1-11-9-10-13(16(22)15(11)21(23,24)25)17-14(19(28)30-2)18(20(29)31-3)27(26-17)12-7-5-4-6-8-12/h4-10H,1-3H3. The number of rotatable bonds is 4. The summed E-state index contributed by atoms with van der Waals surface area (Å²) in [4.78, 5) is 25.0. The number of benzene rings is 2. The van der Waals surface area contributed by atoms with Crippen LogP contribution in [0.3, 0.4) is 0 Å². The predicted molar refractivity (Wildman–Crippen MR) is 101 cm³/mol. The Morgan fingerprint density at radius 2 is 1.58 bits per heavy atom. The van der Waals surface area contributed by atoms with E-state index in [-0.39, 0.29) is 5.56 Å². The number of nitrogens with zero attached hydrogens (tertiary/aromatic N) is 2. The van der Waals surface area contributed by atoms with Gasteiger partial charge < -0.3 is 9.47 Å². The Morgan fingerprint density at radius 1 is 0.968 bits per heavy atom. The molecule has 2 aromatic carbocycles. The van der Waals surface area contributed by atoms with Crippen LogP contribution in [0.4, 0.5) is 17.6 Å². The monoisotopic (exact) mass is 436 g/mol. The zero-order chi connectivity index (χ0) is 22.9. The Hall–Kier alpha value is -3.69. The molecule has 0 bridgehead atoms. The van der Waals surface area contributed by atoms with Crippen LogP contribution in [0.25, 0.3) is 16.9 Å². The van der Waals surface area contributed by atoms with Gasteiger partial charge in [0.2, 0.25) is 0 Å². The molecule has 0 saturated carbocycles. The van der Waals surface area contributed by atoms with Crippen LogP contribution in [0.2, 0.25) is 0 Å². The summed E-state index contributed by atoms with van der Waals surface area (Å²) in [7, 11) is 2.07. The van der Waals surface area contributed by atoms with Gasteiger partial charge in [-0.3, -0.25) is 0 Å². The number of esters is 2. The van der Waals surface area contributed by atoms with Gasteiger partial charge in [-0.15, -0.1) is 0 Å². The number of ether oxygens (including phenoxy) is 2. The highest BCUT2D eigenvalue weighted by Crippen LogP contribution is 2.39. The highest BCUT2D eigenvalue weighted by molar-refractivity contribution is 6.06. The minimum absolute atomic E-state index is 0.294. The van der Waals surface area contributed by atoms with Crippen molar-refractivity contribution in [3.05, 3.63) is 70.7 Å². The van der Waals surface area contributed by atoms with E-state index in [1.54, 1.807) is 18.2 Å². The molecule has 0 amide bonds. The second kappa shape index (κ2) is 8.21. The van der Waals surface area contributed by atoms with Crippen LogP contribution in [0, 0.1) is 12.7 Å². The lowest BCUT2D eigenvalue weighted by Gasteiger charge is -2.14. The first-order valence-electron chi connectivity index (χ1n) is 8.83. The number of halogens is 4. The fourth-order valence-corrected chi connectivity index (χ4v) is 3.15. The molecule has 162 valence electrons. The zero-order valence-corrected chi connectivity index (χ0v) is 16.6. The number of aryl methyl sites for hydroxylation is 1. The molecule has 3 rings (SSSR count). The van der Waals surface area contributed by atoms with E-state index >= 15 is 4.39 Å². The summed E-state index contributed by atoms with van der Waals surface area (Å²) in [6.45, 7) is 1.11. The number of aromatic nitrogens is 2. The van der Waals surface area contributed by atoms with Gasteiger partial charge in [0.25, 0.3) is 0 Å². The fraction of sp³-hybridized carbons (Fsp3) is 0.190. The molecule has 10 heteroatoms. The second-order valence-corrected chi connectivity index (χ2v) is 6.42. The molecule has 31 heavy (non-hydrogen) atoms. The Morgan fingerprint density at radius 3 is 2.13 bits per heavy atom. The topological polar surface area (TPSA) is 70.4 Å². The van der Waals surface area contributed by atoms with Gasteiger partial charge in [-0.25, -0.2) is 18.7 Å². The Balaban J connectivity index is 2.43. The summed E-state index contributed by atoms with van der Waals surface area (Å²) >= 11 is 0. The van der Waals surface area contributed by atoms with E-state index in [0.29, 0.717) is 5.69 Å². The number of alkyl halides is 3. The van der Waals surface area contributed by atoms with Gasteiger partial charge >= 0.3 is 18.1 Å². The number of para-hydroxylation sites is 1. The van der Waals surface area contributed by atoms with Crippen LogP contribution in [0.15, 0.2) is 42.5 Å². The van der Waals surface area contributed by atoms with E-state index in [2.05, 4.69) is 5.10 Å². The van der Waals surface area contributed by atoms with Gasteiger partial charge in [0, 0.05) is 5.56 Å². The van der Waals surface area contributed by atoms with Crippen molar-refractivity contribution in [2.75, 3.05) is 14.2 Å². The SMILES string of the molecule is COC(=O)c1c(-c2ccc(C)c(C(F)(F)F)c2F)nn(-c2ccccc2)c1C(=O)OC. The lowest BCUT2D eigenvalue weighted by molar-refractivity contribution is -0.140. The maximum Gasteiger partial charge on any atom is 0.419 e. The molecule has 0 N–H and O–H groups in total. The van der Waals surface area contributed by atoms with Crippen LogP contribution in [0.1, 0.15) is 32.0 Å². The van der Waals surface area contributed by atoms with Crippen molar-refractivity contribution in [1.29, 1.82) is 0 Å². The molecule has 3 aromatic rings. The number of carbonyl (C=O) groups is 2. The highest BCUT2D eigenvalue weighted by Gasteiger charge is 2.39. The van der Waals surface area contributed by atoms with E-state index in [0.717, 1.165) is 38.0 Å². The van der Waals surface area contributed by atoms with E-state index < -0.39 is 52.0 Å². The van der Waals surface area contributed by atoms with Crippen molar-refractivity contribution in [2.45, 2.75) is 13.1 Å². The van der Waals surface area contributed by atoms with Gasteiger partial charge in [-0.1, -0.05) is 24.3 Å². The van der Waals surface area contributed by atoms with Crippen molar-refractivity contribution < 1.29 is 36.6 Å². The normalized spacial score (nSPS) is 11.3. The molecular formula is C21H16F4N2O4. The molecule has 0 unspecified atom stereocenters. The Bertz CT molecular complexity index is 1150. The highest BCUT2D eigenvalue weighted by atomic mass is 19.4. The summed E-state index contributed by atoms with van der Waals surface area (Å²) in [5.74, 6) is -3.72. The number of carbonyl (C=O) groups excluding carboxylic acids is 2. The Kier molecular flexibility index (Phi) is 5.83. The molecule has 0 atom stereocenters. The third-order valence-electron chi connectivity index (χ3n) is 4.54. The lowest BCUT2D eigenvalue weighted by atomic mass is 9.98. The van der Waals surface area contributed by atoms with Crippen LogP contribution in [0.5, 0.6) is 0 Å². The van der Waals surface area contributed by atoms with Crippen LogP contribution in [-0.2, 0) is 15.7 Å². The van der Waals surface area contributed by atoms with E-state index in [1.165, 1.54) is 12.1 Å². The molecule has 6 nitrogen and oxygen atoms in total. The molecule has 0 aliphatic rings. The average Bonchev–Trinajstić information content (AvgIpc) is 3.12. The molecule has 1 heterocycles.